The van der Waals surface area contributed by atoms with Crippen molar-refractivity contribution in [2.75, 3.05) is 26.2 Å². The highest BCUT2D eigenvalue weighted by Gasteiger charge is 2.32. The van der Waals surface area contributed by atoms with Gasteiger partial charge in [-0.25, -0.2) is 0 Å². The van der Waals surface area contributed by atoms with Crippen LogP contribution in [-0.4, -0.2) is 36.2 Å². The molecule has 0 spiro atoms. The fourth-order valence-electron chi connectivity index (χ4n) is 3.01. The van der Waals surface area contributed by atoms with Crippen LogP contribution in [0, 0.1) is 5.92 Å². The molecule has 2 N–H and O–H groups in total. The molecule has 2 fully saturated rings. The summed E-state index contributed by atoms with van der Waals surface area (Å²) >= 11 is 7.09. The molecular formula is C15H20Br2N2O. The Balaban J connectivity index is 1.91. The van der Waals surface area contributed by atoms with Crippen molar-refractivity contribution in [3.63, 3.8) is 0 Å². The largest absolute Gasteiger partial charge is 0.508 e. The summed E-state index contributed by atoms with van der Waals surface area (Å²) in [4.78, 5) is 2.52. The zero-order valence-electron chi connectivity index (χ0n) is 11.4. The molecule has 2 aliphatic rings. The minimum absolute atomic E-state index is 0.326. The van der Waals surface area contributed by atoms with E-state index in [9.17, 15) is 5.11 Å². The SMILES string of the molecule is Oc1cc(Br)cc(Br)c1[C@H](CC1CC1)N1CCNCC1. The topological polar surface area (TPSA) is 35.5 Å². The first-order chi connectivity index (χ1) is 9.65. The van der Waals surface area contributed by atoms with Gasteiger partial charge in [0, 0.05) is 46.7 Å². The van der Waals surface area contributed by atoms with Gasteiger partial charge in [0.15, 0.2) is 0 Å². The van der Waals surface area contributed by atoms with Gasteiger partial charge in [-0.05, 0) is 24.5 Å². The fourth-order valence-corrected chi connectivity index (χ4v) is 4.48. The lowest BCUT2D eigenvalue weighted by atomic mass is 9.97. The van der Waals surface area contributed by atoms with Gasteiger partial charge in [0.25, 0.3) is 0 Å². The van der Waals surface area contributed by atoms with Crippen molar-refractivity contribution in [1.29, 1.82) is 0 Å². The molecule has 1 aromatic carbocycles. The molecule has 0 unspecified atom stereocenters. The standard InChI is InChI=1S/C15H20Br2N2O/c16-11-8-12(17)15(14(20)9-11)13(7-10-1-2-10)19-5-3-18-4-6-19/h8-10,13,18,20H,1-7H2/t13-/m0/s1. The van der Waals surface area contributed by atoms with Gasteiger partial charge in [-0.3, -0.25) is 4.90 Å². The van der Waals surface area contributed by atoms with Gasteiger partial charge in [0.2, 0.25) is 0 Å². The molecule has 20 heavy (non-hydrogen) atoms. The van der Waals surface area contributed by atoms with Gasteiger partial charge in [-0.1, -0.05) is 44.7 Å². The summed E-state index contributed by atoms with van der Waals surface area (Å²) in [6, 6.07) is 4.17. The average Bonchev–Trinajstić information content (AvgIpc) is 3.21. The average molecular weight is 404 g/mol. The molecule has 1 aliphatic heterocycles. The van der Waals surface area contributed by atoms with Crippen molar-refractivity contribution in [2.45, 2.75) is 25.3 Å². The number of hydrogen-bond acceptors (Lipinski definition) is 3. The van der Waals surface area contributed by atoms with Gasteiger partial charge < -0.3 is 10.4 Å². The highest BCUT2D eigenvalue weighted by atomic mass is 79.9. The highest BCUT2D eigenvalue weighted by molar-refractivity contribution is 9.11. The normalized spacial score (nSPS) is 21.9. The van der Waals surface area contributed by atoms with E-state index in [1.807, 2.05) is 12.1 Å². The Morgan fingerprint density at radius 2 is 1.95 bits per heavy atom. The third kappa shape index (κ3) is 3.38. The number of phenolic OH excluding ortho intramolecular Hbond substituents is 1. The van der Waals surface area contributed by atoms with Crippen LogP contribution < -0.4 is 5.32 Å². The molecule has 1 saturated carbocycles. The quantitative estimate of drug-likeness (QED) is 0.805. The van der Waals surface area contributed by atoms with Gasteiger partial charge in [0.1, 0.15) is 5.75 Å². The van der Waals surface area contributed by atoms with Crippen molar-refractivity contribution in [3.05, 3.63) is 26.6 Å². The maximum atomic E-state index is 10.4. The van der Waals surface area contributed by atoms with Crippen LogP contribution in [0.3, 0.4) is 0 Å². The Hall–Kier alpha value is -0.100. The lowest BCUT2D eigenvalue weighted by molar-refractivity contribution is 0.157. The van der Waals surface area contributed by atoms with Gasteiger partial charge in [0.05, 0.1) is 0 Å². The van der Waals surface area contributed by atoms with Gasteiger partial charge >= 0.3 is 0 Å². The smallest absolute Gasteiger partial charge is 0.122 e. The lowest BCUT2D eigenvalue weighted by Crippen LogP contribution is -2.45. The van der Waals surface area contributed by atoms with E-state index in [1.54, 1.807) is 0 Å². The van der Waals surface area contributed by atoms with Crippen LogP contribution in [0.1, 0.15) is 30.9 Å². The number of nitrogens with one attached hydrogen (secondary N) is 1. The highest BCUT2D eigenvalue weighted by Crippen LogP contribution is 2.45. The molecule has 110 valence electrons. The lowest BCUT2D eigenvalue weighted by Gasteiger charge is -2.36. The molecule has 3 rings (SSSR count). The van der Waals surface area contributed by atoms with E-state index in [4.69, 9.17) is 0 Å². The summed E-state index contributed by atoms with van der Waals surface area (Å²) in [6.07, 6.45) is 3.85. The van der Waals surface area contributed by atoms with Crippen LogP contribution in [0.25, 0.3) is 0 Å². The number of piperazine rings is 1. The third-order valence-corrected chi connectivity index (χ3v) is 5.37. The molecule has 1 aliphatic carbocycles. The van der Waals surface area contributed by atoms with E-state index < -0.39 is 0 Å². The molecule has 1 heterocycles. The Morgan fingerprint density at radius 1 is 1.25 bits per heavy atom. The second-order valence-corrected chi connectivity index (χ2v) is 7.57. The number of hydrogen-bond donors (Lipinski definition) is 2. The van der Waals surface area contributed by atoms with Crippen molar-refractivity contribution in [3.8, 4) is 5.75 Å². The van der Waals surface area contributed by atoms with Crippen molar-refractivity contribution in [2.24, 2.45) is 5.92 Å². The summed E-state index contributed by atoms with van der Waals surface area (Å²) in [5.41, 5.74) is 1.06. The number of rotatable bonds is 4. The predicted octanol–water partition coefficient (Wildman–Crippen LogP) is 3.66. The summed E-state index contributed by atoms with van der Waals surface area (Å²) in [7, 11) is 0. The molecule has 0 bridgehead atoms. The maximum Gasteiger partial charge on any atom is 0.122 e. The van der Waals surface area contributed by atoms with E-state index in [0.717, 1.165) is 53.0 Å². The minimum Gasteiger partial charge on any atom is -0.508 e. The summed E-state index contributed by atoms with van der Waals surface area (Å²) < 4.78 is 1.92. The van der Waals surface area contributed by atoms with E-state index >= 15 is 0 Å². The summed E-state index contributed by atoms with van der Waals surface area (Å²) in [6.45, 7) is 4.19. The zero-order valence-corrected chi connectivity index (χ0v) is 14.6. The van der Waals surface area contributed by atoms with Crippen molar-refractivity contribution >= 4 is 31.9 Å². The van der Waals surface area contributed by atoms with Crippen LogP contribution in [0.2, 0.25) is 0 Å². The Labute approximate surface area is 137 Å². The van der Waals surface area contributed by atoms with Gasteiger partial charge in [-0.15, -0.1) is 0 Å². The summed E-state index contributed by atoms with van der Waals surface area (Å²) in [5, 5.41) is 13.8. The molecule has 3 nitrogen and oxygen atoms in total. The Kier molecular flexibility index (Phi) is 4.70. The zero-order chi connectivity index (χ0) is 14.1. The number of aromatic hydroxyl groups is 1. The van der Waals surface area contributed by atoms with Crippen LogP contribution in [0.15, 0.2) is 21.1 Å². The molecule has 1 saturated heterocycles. The molecular weight excluding hydrogens is 384 g/mol. The second kappa shape index (κ2) is 6.34. The molecule has 0 radical (unpaired) electrons. The van der Waals surface area contributed by atoms with Crippen LogP contribution >= 0.6 is 31.9 Å². The fraction of sp³-hybridized carbons (Fsp3) is 0.600. The Morgan fingerprint density at radius 3 is 2.55 bits per heavy atom. The number of phenols is 1. The van der Waals surface area contributed by atoms with Crippen LogP contribution in [0.5, 0.6) is 5.75 Å². The Bertz CT molecular complexity index is 462. The number of benzene rings is 1. The molecule has 5 heteroatoms. The third-order valence-electron chi connectivity index (χ3n) is 4.25. The van der Waals surface area contributed by atoms with E-state index in [2.05, 4.69) is 42.1 Å². The maximum absolute atomic E-state index is 10.4. The predicted molar refractivity (Wildman–Crippen MR) is 88.0 cm³/mol. The first-order valence-electron chi connectivity index (χ1n) is 7.28. The number of halogens is 2. The molecule has 1 atom stereocenters. The first-order valence-corrected chi connectivity index (χ1v) is 8.86. The second-order valence-electron chi connectivity index (χ2n) is 5.80. The van der Waals surface area contributed by atoms with Crippen molar-refractivity contribution < 1.29 is 5.11 Å². The van der Waals surface area contributed by atoms with Crippen LogP contribution in [0.4, 0.5) is 0 Å². The molecule has 1 aromatic rings. The minimum atomic E-state index is 0.326. The van der Waals surface area contributed by atoms with Crippen molar-refractivity contribution in [1.82, 2.24) is 10.2 Å². The molecule has 0 amide bonds. The van der Waals surface area contributed by atoms with Gasteiger partial charge in [-0.2, -0.15) is 0 Å². The van der Waals surface area contributed by atoms with E-state index in [0.29, 0.717) is 11.8 Å². The van der Waals surface area contributed by atoms with E-state index in [-0.39, 0.29) is 0 Å². The molecule has 0 aromatic heterocycles. The summed E-state index contributed by atoms with van der Waals surface area (Å²) in [5.74, 6) is 1.24. The monoisotopic (exact) mass is 402 g/mol. The van der Waals surface area contributed by atoms with Crippen LogP contribution in [-0.2, 0) is 0 Å². The number of nitrogens with zero attached hydrogens (tertiary/aromatic N) is 1. The first kappa shape index (κ1) is 14.8. The van der Waals surface area contributed by atoms with E-state index in [1.165, 1.54) is 12.8 Å².